The van der Waals surface area contributed by atoms with Crippen molar-refractivity contribution in [2.24, 2.45) is 5.10 Å². The highest BCUT2D eigenvalue weighted by molar-refractivity contribution is 7.89. The molecule has 2 aromatic carbocycles. The lowest BCUT2D eigenvalue weighted by Crippen LogP contribution is -2.19. The van der Waals surface area contributed by atoms with Gasteiger partial charge in [0.2, 0.25) is 0 Å². The van der Waals surface area contributed by atoms with E-state index >= 15 is 0 Å². The third-order valence-corrected chi connectivity index (χ3v) is 5.43. The first kappa shape index (κ1) is 21.0. The lowest BCUT2D eigenvalue weighted by Gasteiger charge is -2.27. The fraction of sp³-hybridized carbons (Fsp3) is 0.381. The first-order chi connectivity index (χ1) is 12.3. The van der Waals surface area contributed by atoms with Crippen molar-refractivity contribution in [1.29, 1.82) is 0 Å². The molecule has 0 radical (unpaired) electrons. The van der Waals surface area contributed by atoms with Crippen LogP contribution in [0.1, 0.15) is 58.2 Å². The molecule has 0 aromatic heterocycles. The number of nitrogens with zero attached hydrogens (tertiary/aromatic N) is 1. The Hall–Kier alpha value is -2.34. The number of hydrazone groups is 1. The Balaban J connectivity index is 2.40. The minimum Gasteiger partial charge on any atom is -0.507 e. The number of rotatable bonds is 4. The third-order valence-electron chi connectivity index (χ3n) is 4.19. The van der Waals surface area contributed by atoms with Gasteiger partial charge in [0, 0.05) is 11.1 Å². The van der Waals surface area contributed by atoms with Crippen LogP contribution in [0.15, 0.2) is 52.5 Å². The van der Waals surface area contributed by atoms with Crippen LogP contribution in [-0.2, 0) is 20.9 Å². The molecule has 0 atom stereocenters. The Morgan fingerprint density at radius 1 is 0.926 bits per heavy atom. The van der Waals surface area contributed by atoms with Gasteiger partial charge >= 0.3 is 0 Å². The van der Waals surface area contributed by atoms with Crippen molar-refractivity contribution in [3.63, 3.8) is 0 Å². The number of hydrogen-bond acceptors (Lipinski definition) is 4. The normalized spacial score (nSPS) is 13.1. The van der Waals surface area contributed by atoms with E-state index in [1.54, 1.807) is 18.2 Å². The Bertz CT molecular complexity index is 901. The minimum absolute atomic E-state index is 0.151. The third kappa shape index (κ3) is 5.10. The molecule has 2 aromatic rings. The number of phenols is 1. The van der Waals surface area contributed by atoms with Crippen molar-refractivity contribution in [2.75, 3.05) is 0 Å². The van der Waals surface area contributed by atoms with Crippen molar-refractivity contribution in [3.8, 4) is 5.75 Å². The highest BCUT2D eigenvalue weighted by Gasteiger charge is 2.26. The predicted molar refractivity (Wildman–Crippen MR) is 110 cm³/mol. The molecule has 0 amide bonds. The Morgan fingerprint density at radius 3 is 1.85 bits per heavy atom. The average molecular weight is 389 g/mol. The number of sulfonamides is 1. The predicted octanol–water partition coefficient (Wildman–Crippen LogP) is 4.30. The summed E-state index contributed by atoms with van der Waals surface area (Å²) in [6.07, 6.45) is 1.46. The van der Waals surface area contributed by atoms with Gasteiger partial charge in [0.1, 0.15) is 5.75 Å². The van der Waals surface area contributed by atoms with E-state index in [1.807, 2.05) is 53.7 Å². The molecule has 0 heterocycles. The van der Waals surface area contributed by atoms with Crippen LogP contribution >= 0.6 is 0 Å². The van der Waals surface area contributed by atoms with Crippen molar-refractivity contribution in [2.45, 2.75) is 57.3 Å². The van der Waals surface area contributed by atoms with Crippen molar-refractivity contribution < 1.29 is 13.5 Å². The second kappa shape index (κ2) is 7.35. The zero-order valence-electron chi connectivity index (χ0n) is 16.7. The summed E-state index contributed by atoms with van der Waals surface area (Å²) in [5.41, 5.74) is 1.78. The van der Waals surface area contributed by atoms with E-state index in [4.69, 9.17) is 0 Å². The van der Waals surface area contributed by atoms with E-state index in [2.05, 4.69) is 9.93 Å². The lowest BCUT2D eigenvalue weighted by atomic mass is 9.78. The number of benzene rings is 2. The molecule has 2 rings (SSSR count). The van der Waals surface area contributed by atoms with E-state index in [9.17, 15) is 13.5 Å². The summed E-state index contributed by atoms with van der Waals surface area (Å²) >= 11 is 0. The summed E-state index contributed by atoms with van der Waals surface area (Å²) in [5.74, 6) is 0.275. The molecule has 6 heteroatoms. The molecule has 0 aliphatic carbocycles. The molecule has 5 nitrogen and oxygen atoms in total. The van der Waals surface area contributed by atoms with Crippen molar-refractivity contribution in [3.05, 3.63) is 59.2 Å². The standard InChI is InChI=1S/C21H28N2O3S/c1-20(2,3)17-12-15(13-18(19(17)24)21(4,5)6)14-22-23-27(25,26)16-10-8-7-9-11-16/h7-14,23-24H,1-6H3/b22-14+. The fourth-order valence-electron chi connectivity index (χ4n) is 2.70. The summed E-state index contributed by atoms with van der Waals surface area (Å²) in [6, 6.07) is 11.8. The van der Waals surface area contributed by atoms with Crippen LogP contribution in [0.3, 0.4) is 0 Å². The molecule has 0 saturated heterocycles. The SMILES string of the molecule is CC(C)(C)c1cc(/C=N/NS(=O)(=O)c2ccccc2)cc(C(C)(C)C)c1O. The number of phenolic OH excluding ortho intramolecular Hbond substituents is 1. The maximum atomic E-state index is 12.3. The van der Waals surface area contributed by atoms with Gasteiger partial charge in [-0.3, -0.25) is 0 Å². The van der Waals surface area contributed by atoms with Crippen LogP contribution in [0.5, 0.6) is 5.75 Å². The van der Waals surface area contributed by atoms with Crippen LogP contribution in [-0.4, -0.2) is 19.7 Å². The van der Waals surface area contributed by atoms with Gasteiger partial charge in [-0.1, -0.05) is 59.7 Å². The number of aromatic hydroxyl groups is 1. The van der Waals surface area contributed by atoms with E-state index in [0.29, 0.717) is 0 Å². The average Bonchev–Trinajstić information content (AvgIpc) is 2.54. The summed E-state index contributed by atoms with van der Waals surface area (Å²) < 4.78 is 24.5. The van der Waals surface area contributed by atoms with E-state index in [1.165, 1.54) is 18.3 Å². The highest BCUT2D eigenvalue weighted by atomic mass is 32.2. The van der Waals surface area contributed by atoms with E-state index in [-0.39, 0.29) is 21.5 Å². The molecular formula is C21H28N2O3S. The molecule has 146 valence electrons. The zero-order valence-corrected chi connectivity index (χ0v) is 17.6. The Morgan fingerprint density at radius 2 is 1.41 bits per heavy atom. The minimum atomic E-state index is -3.71. The first-order valence-electron chi connectivity index (χ1n) is 8.80. The molecule has 0 aliphatic heterocycles. The van der Waals surface area contributed by atoms with Gasteiger partial charge in [-0.25, -0.2) is 4.83 Å². The second-order valence-electron chi connectivity index (χ2n) is 8.63. The van der Waals surface area contributed by atoms with Crippen molar-refractivity contribution >= 4 is 16.2 Å². The van der Waals surface area contributed by atoms with Gasteiger partial charge < -0.3 is 5.11 Å². The summed E-state index contributed by atoms with van der Waals surface area (Å²) in [5, 5.41) is 14.7. The smallest absolute Gasteiger partial charge is 0.276 e. The van der Waals surface area contributed by atoms with E-state index < -0.39 is 10.0 Å². The molecule has 0 saturated carbocycles. The largest absolute Gasteiger partial charge is 0.507 e. The van der Waals surface area contributed by atoms with Gasteiger partial charge in [-0.05, 0) is 40.7 Å². The molecule has 0 spiro atoms. The molecule has 0 unspecified atom stereocenters. The zero-order chi connectivity index (χ0) is 20.5. The molecular weight excluding hydrogens is 360 g/mol. The second-order valence-corrected chi connectivity index (χ2v) is 10.3. The van der Waals surface area contributed by atoms with Gasteiger partial charge in [0.15, 0.2) is 0 Å². The maximum Gasteiger partial charge on any atom is 0.276 e. The fourth-order valence-corrected chi connectivity index (χ4v) is 3.51. The monoisotopic (exact) mass is 388 g/mol. The Labute approximate surface area is 162 Å². The molecule has 27 heavy (non-hydrogen) atoms. The molecule has 0 fully saturated rings. The summed E-state index contributed by atoms with van der Waals surface area (Å²) in [4.78, 5) is 2.39. The molecule has 0 bridgehead atoms. The summed E-state index contributed by atoms with van der Waals surface area (Å²) in [6.45, 7) is 12.1. The topological polar surface area (TPSA) is 78.8 Å². The van der Waals surface area contributed by atoms with Crippen LogP contribution in [0, 0.1) is 0 Å². The van der Waals surface area contributed by atoms with Crippen LogP contribution in [0.25, 0.3) is 0 Å². The molecule has 0 aliphatic rings. The van der Waals surface area contributed by atoms with Crippen LogP contribution in [0.2, 0.25) is 0 Å². The maximum absolute atomic E-state index is 12.3. The van der Waals surface area contributed by atoms with Crippen LogP contribution < -0.4 is 4.83 Å². The Kier molecular flexibility index (Phi) is 5.71. The highest BCUT2D eigenvalue weighted by Crippen LogP contribution is 2.39. The number of nitrogens with one attached hydrogen (secondary N) is 1. The first-order valence-corrected chi connectivity index (χ1v) is 10.3. The van der Waals surface area contributed by atoms with Gasteiger partial charge in [-0.15, -0.1) is 0 Å². The van der Waals surface area contributed by atoms with Crippen LogP contribution in [0.4, 0.5) is 0 Å². The molecule has 2 N–H and O–H groups in total. The van der Waals surface area contributed by atoms with Crippen molar-refractivity contribution in [1.82, 2.24) is 4.83 Å². The van der Waals surface area contributed by atoms with Gasteiger partial charge in [-0.2, -0.15) is 13.5 Å². The quantitative estimate of drug-likeness (QED) is 0.605. The van der Waals surface area contributed by atoms with E-state index in [0.717, 1.165) is 16.7 Å². The van der Waals surface area contributed by atoms with Gasteiger partial charge in [0.25, 0.3) is 10.0 Å². The lowest BCUT2D eigenvalue weighted by molar-refractivity contribution is 0.423. The number of hydrogen-bond donors (Lipinski definition) is 2. The summed E-state index contributed by atoms with van der Waals surface area (Å²) in [7, 11) is -3.71. The van der Waals surface area contributed by atoms with Gasteiger partial charge in [0.05, 0.1) is 11.1 Å².